The van der Waals surface area contributed by atoms with E-state index in [2.05, 4.69) is 19.6 Å². The zero-order valence-electron chi connectivity index (χ0n) is 11.0. The molecule has 0 aromatic rings. The molecule has 0 radical (unpaired) electrons. The highest BCUT2D eigenvalue weighted by atomic mass is 32.2. The molecule has 0 aromatic carbocycles. The van der Waals surface area contributed by atoms with Gasteiger partial charge in [-0.1, -0.05) is 77.3 Å². The summed E-state index contributed by atoms with van der Waals surface area (Å²) in [5.41, 5.74) is 0. The second-order valence-electron chi connectivity index (χ2n) is 4.35. The monoisotopic (exact) mass is 278 g/mol. The van der Waals surface area contributed by atoms with Gasteiger partial charge in [0.15, 0.2) is 0 Å². The maximum Gasteiger partial charge on any atom is 0.269 e. The van der Waals surface area contributed by atoms with E-state index in [1.807, 2.05) is 0 Å². The van der Waals surface area contributed by atoms with Crippen molar-refractivity contribution < 1.29 is 8.98 Å². The summed E-state index contributed by atoms with van der Waals surface area (Å²) >= 11 is 4.44. The third kappa shape index (κ3) is 16.3. The van der Waals surface area contributed by atoms with Gasteiger partial charge in [-0.3, -0.25) is 4.79 Å². The molecular weight excluding hydrogens is 252 g/mol. The lowest BCUT2D eigenvalue weighted by molar-refractivity contribution is 0.273. The second kappa shape index (κ2) is 14.4. The molecule has 0 heterocycles. The molecule has 0 aromatic heterocycles. The van der Waals surface area contributed by atoms with E-state index in [-0.39, 0.29) is 4.45 Å². The van der Waals surface area contributed by atoms with Crippen LogP contribution < -0.4 is 0 Å². The van der Waals surface area contributed by atoms with Gasteiger partial charge in [0.25, 0.3) is 4.45 Å². The molecule has 0 rings (SSSR count). The summed E-state index contributed by atoms with van der Waals surface area (Å²) in [5, 5.41) is 0. The van der Waals surface area contributed by atoms with E-state index in [1.54, 1.807) is 0 Å². The molecular formula is C13H26O2S2. The summed E-state index contributed by atoms with van der Waals surface area (Å²) in [6.07, 6.45) is 13.2. The Labute approximate surface area is 116 Å². The normalized spacial score (nSPS) is 10.7. The zero-order valence-corrected chi connectivity index (χ0v) is 12.7. The SMILES string of the molecule is CCCCCCCCCCCCOSC(=O)S. The first-order valence-electron chi connectivity index (χ1n) is 6.79. The predicted molar refractivity (Wildman–Crippen MR) is 79.8 cm³/mol. The van der Waals surface area contributed by atoms with E-state index in [9.17, 15) is 4.79 Å². The quantitative estimate of drug-likeness (QED) is 0.285. The van der Waals surface area contributed by atoms with Crippen molar-refractivity contribution in [2.24, 2.45) is 0 Å². The highest BCUT2D eigenvalue weighted by Gasteiger charge is 1.96. The van der Waals surface area contributed by atoms with Crippen LogP contribution >= 0.6 is 24.7 Å². The maximum atomic E-state index is 10.4. The fraction of sp³-hybridized carbons (Fsp3) is 0.923. The molecule has 0 spiro atoms. The van der Waals surface area contributed by atoms with Gasteiger partial charge in [0.05, 0.1) is 18.6 Å². The van der Waals surface area contributed by atoms with Gasteiger partial charge in [-0.2, -0.15) is 0 Å². The standard InChI is InChI=1S/C13H26O2S2/c1-2-3-4-5-6-7-8-9-10-11-12-15-17-13(14)16/h2-12H2,1H3,(H,14,16). The third-order valence-electron chi connectivity index (χ3n) is 2.71. The van der Waals surface area contributed by atoms with Gasteiger partial charge in [0.1, 0.15) is 0 Å². The molecule has 0 atom stereocenters. The molecule has 0 fully saturated rings. The van der Waals surface area contributed by atoms with Crippen LogP contribution in [0.3, 0.4) is 0 Å². The average Bonchev–Trinajstić information content (AvgIpc) is 2.30. The molecule has 2 nitrogen and oxygen atoms in total. The summed E-state index contributed by atoms with van der Waals surface area (Å²) in [6, 6.07) is 0. The minimum Gasteiger partial charge on any atom is -0.307 e. The first-order chi connectivity index (χ1) is 8.27. The molecule has 0 amide bonds. The lowest BCUT2D eigenvalue weighted by Crippen LogP contribution is -1.89. The van der Waals surface area contributed by atoms with Crippen LogP contribution in [0.5, 0.6) is 0 Å². The first kappa shape index (κ1) is 17.3. The molecule has 0 aliphatic rings. The Bertz CT molecular complexity index is 175. The van der Waals surface area contributed by atoms with Crippen LogP contribution in [0.4, 0.5) is 4.79 Å². The number of carbonyl (C=O) groups is 1. The van der Waals surface area contributed by atoms with E-state index >= 15 is 0 Å². The number of thiol groups is 1. The lowest BCUT2D eigenvalue weighted by atomic mass is 10.1. The lowest BCUT2D eigenvalue weighted by Gasteiger charge is -2.02. The number of rotatable bonds is 12. The minimum atomic E-state index is -0.267. The molecule has 0 saturated carbocycles. The number of unbranched alkanes of at least 4 members (excludes halogenated alkanes) is 9. The van der Waals surface area contributed by atoms with Gasteiger partial charge < -0.3 is 4.18 Å². The summed E-state index contributed by atoms with van der Waals surface area (Å²) in [7, 11) is 0. The Morgan fingerprint density at radius 1 is 0.941 bits per heavy atom. The summed E-state index contributed by atoms with van der Waals surface area (Å²) < 4.78 is 4.79. The van der Waals surface area contributed by atoms with Crippen molar-refractivity contribution in [3.8, 4) is 0 Å². The van der Waals surface area contributed by atoms with Gasteiger partial charge in [-0.15, -0.1) is 0 Å². The molecule has 4 heteroatoms. The van der Waals surface area contributed by atoms with Crippen LogP contribution in [0.15, 0.2) is 0 Å². The van der Waals surface area contributed by atoms with Crippen molar-refractivity contribution in [3.05, 3.63) is 0 Å². The Morgan fingerprint density at radius 3 is 1.88 bits per heavy atom. The van der Waals surface area contributed by atoms with Crippen molar-refractivity contribution in [1.82, 2.24) is 0 Å². The van der Waals surface area contributed by atoms with E-state index < -0.39 is 0 Å². The smallest absolute Gasteiger partial charge is 0.269 e. The first-order valence-corrected chi connectivity index (χ1v) is 7.98. The molecule has 0 bridgehead atoms. The van der Waals surface area contributed by atoms with Crippen molar-refractivity contribution in [2.45, 2.75) is 71.1 Å². The van der Waals surface area contributed by atoms with Crippen molar-refractivity contribution in [1.29, 1.82) is 0 Å². The highest BCUT2D eigenvalue weighted by Crippen LogP contribution is 2.12. The van der Waals surface area contributed by atoms with E-state index in [1.165, 1.54) is 57.8 Å². The fourth-order valence-electron chi connectivity index (χ4n) is 1.74. The Kier molecular flexibility index (Phi) is 14.7. The van der Waals surface area contributed by atoms with Crippen LogP contribution in [0, 0.1) is 0 Å². The summed E-state index contributed by atoms with van der Waals surface area (Å²) in [4.78, 5) is 10.4. The van der Waals surface area contributed by atoms with Gasteiger partial charge in [-0.25, -0.2) is 0 Å². The van der Waals surface area contributed by atoms with Crippen LogP contribution in [0.1, 0.15) is 71.1 Å². The molecule has 102 valence electrons. The number of hydrogen-bond donors (Lipinski definition) is 1. The predicted octanol–water partition coefficient (Wildman–Crippen LogP) is 5.62. The third-order valence-corrected chi connectivity index (χ3v) is 3.36. The minimum absolute atomic E-state index is 0.267. The Morgan fingerprint density at radius 2 is 1.41 bits per heavy atom. The highest BCUT2D eigenvalue weighted by molar-refractivity contribution is 8.29. The molecule has 17 heavy (non-hydrogen) atoms. The van der Waals surface area contributed by atoms with Gasteiger partial charge in [-0.05, 0) is 6.42 Å². The average molecular weight is 278 g/mol. The zero-order chi connectivity index (χ0) is 12.8. The van der Waals surface area contributed by atoms with Crippen LogP contribution in [0.2, 0.25) is 0 Å². The van der Waals surface area contributed by atoms with Gasteiger partial charge in [0.2, 0.25) is 0 Å². The molecule has 0 unspecified atom stereocenters. The van der Waals surface area contributed by atoms with Crippen molar-refractivity contribution in [2.75, 3.05) is 6.61 Å². The molecule has 0 aliphatic carbocycles. The summed E-state index contributed by atoms with van der Waals surface area (Å²) in [6.45, 7) is 2.91. The Balaban J connectivity index is 2.91. The number of carbonyl (C=O) groups excluding carboxylic acids is 1. The van der Waals surface area contributed by atoms with Crippen LogP contribution in [-0.4, -0.2) is 11.1 Å². The number of hydrogen-bond acceptors (Lipinski definition) is 3. The topological polar surface area (TPSA) is 26.3 Å². The van der Waals surface area contributed by atoms with Gasteiger partial charge in [0, 0.05) is 0 Å². The van der Waals surface area contributed by atoms with Crippen molar-refractivity contribution >= 4 is 29.1 Å². The molecule has 0 N–H and O–H groups in total. The van der Waals surface area contributed by atoms with Gasteiger partial charge >= 0.3 is 0 Å². The van der Waals surface area contributed by atoms with Crippen molar-refractivity contribution in [3.63, 3.8) is 0 Å². The molecule has 0 saturated heterocycles. The second-order valence-corrected chi connectivity index (χ2v) is 5.84. The van der Waals surface area contributed by atoms with E-state index in [0.717, 1.165) is 18.5 Å². The largest absolute Gasteiger partial charge is 0.307 e. The summed E-state index contributed by atoms with van der Waals surface area (Å²) in [5.74, 6) is 0. The fourth-order valence-corrected chi connectivity index (χ4v) is 2.20. The van der Waals surface area contributed by atoms with E-state index in [4.69, 9.17) is 4.18 Å². The van der Waals surface area contributed by atoms with Crippen LogP contribution in [0.25, 0.3) is 0 Å². The Hall–Kier alpha value is 0.330. The maximum absolute atomic E-state index is 10.4. The van der Waals surface area contributed by atoms with E-state index in [0.29, 0.717) is 6.61 Å². The van der Waals surface area contributed by atoms with Crippen LogP contribution in [-0.2, 0) is 4.18 Å². The molecule has 0 aliphatic heterocycles.